The Bertz CT molecular complexity index is 597. The van der Waals surface area contributed by atoms with Crippen LogP contribution in [-0.2, 0) is 20.8 Å². The lowest BCUT2D eigenvalue weighted by molar-refractivity contribution is -0.140. The van der Waals surface area contributed by atoms with Crippen LogP contribution in [0.4, 0.5) is 0 Å². The van der Waals surface area contributed by atoms with Gasteiger partial charge in [-0.2, -0.15) is 0 Å². The number of methoxy groups -OCH3 is 1. The Morgan fingerprint density at radius 2 is 1.96 bits per heavy atom. The first-order valence-corrected chi connectivity index (χ1v) is 9.42. The van der Waals surface area contributed by atoms with Crippen LogP contribution in [0.1, 0.15) is 37.3 Å². The summed E-state index contributed by atoms with van der Waals surface area (Å²) in [5.74, 6) is 1.40. The molecule has 0 amide bonds. The Kier molecular flexibility index (Phi) is 15.5. The normalized spacial score (nSPS) is 10.8. The molecule has 0 saturated carbocycles. The number of nitrogens with one attached hydrogen (secondary N) is 2. The molecular formula is C20H34IN3O4. The zero-order valence-electron chi connectivity index (χ0n) is 17.4. The topological polar surface area (TPSA) is 81.2 Å². The lowest BCUT2D eigenvalue weighted by Gasteiger charge is -2.15. The van der Waals surface area contributed by atoms with E-state index in [1.54, 1.807) is 7.05 Å². The number of halogens is 1. The second-order valence-electron chi connectivity index (χ2n) is 6.04. The van der Waals surface area contributed by atoms with Crippen molar-refractivity contribution in [1.29, 1.82) is 0 Å². The fourth-order valence-electron chi connectivity index (χ4n) is 2.40. The minimum absolute atomic E-state index is 0. The van der Waals surface area contributed by atoms with Gasteiger partial charge in [0.1, 0.15) is 12.4 Å². The summed E-state index contributed by atoms with van der Waals surface area (Å²) in [6, 6.07) is 6.16. The van der Waals surface area contributed by atoms with Crippen LogP contribution >= 0.6 is 24.0 Å². The molecule has 1 aromatic carbocycles. The number of aliphatic imine (C=N–C) groups is 1. The molecular weight excluding hydrogens is 473 g/mol. The van der Waals surface area contributed by atoms with Gasteiger partial charge >= 0.3 is 5.97 Å². The summed E-state index contributed by atoms with van der Waals surface area (Å²) in [5, 5.41) is 6.54. The molecule has 0 aliphatic heterocycles. The molecule has 0 unspecified atom stereocenters. The fraction of sp³-hybridized carbons (Fsp3) is 0.600. The van der Waals surface area contributed by atoms with E-state index in [4.69, 9.17) is 9.47 Å². The molecule has 8 heteroatoms. The lowest BCUT2D eigenvalue weighted by atomic mass is 10.1. The van der Waals surface area contributed by atoms with E-state index >= 15 is 0 Å². The zero-order valence-corrected chi connectivity index (χ0v) is 19.7. The third-order valence-electron chi connectivity index (χ3n) is 3.91. The summed E-state index contributed by atoms with van der Waals surface area (Å²) in [5.41, 5.74) is 2.21. The smallest absolute Gasteiger partial charge is 0.305 e. The average Bonchev–Trinajstić information content (AvgIpc) is 2.68. The molecule has 28 heavy (non-hydrogen) atoms. The highest BCUT2D eigenvalue weighted by Crippen LogP contribution is 2.20. The zero-order chi connectivity index (χ0) is 19.9. The molecule has 0 aromatic heterocycles. The van der Waals surface area contributed by atoms with Crippen molar-refractivity contribution in [3.8, 4) is 5.75 Å². The van der Waals surface area contributed by atoms with Crippen LogP contribution < -0.4 is 15.4 Å². The summed E-state index contributed by atoms with van der Waals surface area (Å²) < 4.78 is 15.8. The Morgan fingerprint density at radius 3 is 2.64 bits per heavy atom. The number of ether oxygens (including phenoxy) is 3. The van der Waals surface area contributed by atoms with Crippen molar-refractivity contribution in [2.24, 2.45) is 4.99 Å². The number of nitrogens with zero attached hydrogens (tertiary/aromatic N) is 1. The number of guanidine groups is 1. The van der Waals surface area contributed by atoms with Crippen molar-refractivity contribution < 1.29 is 19.0 Å². The van der Waals surface area contributed by atoms with E-state index in [-0.39, 0.29) is 29.9 Å². The molecule has 0 saturated heterocycles. The van der Waals surface area contributed by atoms with Crippen molar-refractivity contribution in [2.75, 3.05) is 40.5 Å². The Labute approximate surface area is 185 Å². The second kappa shape index (κ2) is 16.4. The van der Waals surface area contributed by atoms with Crippen molar-refractivity contribution in [2.45, 2.75) is 39.7 Å². The molecule has 7 nitrogen and oxygen atoms in total. The predicted molar refractivity (Wildman–Crippen MR) is 123 cm³/mol. The minimum atomic E-state index is -0.172. The Hall–Kier alpha value is -1.55. The van der Waals surface area contributed by atoms with E-state index in [1.807, 2.05) is 19.9 Å². The summed E-state index contributed by atoms with van der Waals surface area (Å²) in [7, 11) is 3.14. The number of carbonyl (C=O) groups is 1. The third-order valence-corrected chi connectivity index (χ3v) is 3.91. The quantitative estimate of drug-likeness (QED) is 0.149. The van der Waals surface area contributed by atoms with Gasteiger partial charge in [-0.25, -0.2) is 0 Å². The number of hydrogen-bond donors (Lipinski definition) is 2. The van der Waals surface area contributed by atoms with Gasteiger partial charge in [-0.3, -0.25) is 9.79 Å². The number of hydrogen-bond acceptors (Lipinski definition) is 5. The summed E-state index contributed by atoms with van der Waals surface area (Å²) >= 11 is 0. The SMILES string of the molecule is CCOCCOc1cc(C)ccc1CNC(=NC)NCCCCC(=O)OC.I. The molecule has 0 fully saturated rings. The Balaban J connectivity index is 0.00000729. The van der Waals surface area contributed by atoms with Crippen molar-refractivity contribution in [1.82, 2.24) is 10.6 Å². The molecule has 0 spiro atoms. The van der Waals surface area contributed by atoms with Crippen LogP contribution in [0.2, 0.25) is 0 Å². The predicted octanol–water partition coefficient (Wildman–Crippen LogP) is 3.04. The van der Waals surface area contributed by atoms with Crippen LogP contribution in [0, 0.1) is 6.92 Å². The van der Waals surface area contributed by atoms with Gasteiger partial charge in [-0.05, 0) is 38.3 Å². The van der Waals surface area contributed by atoms with Crippen LogP contribution in [0.5, 0.6) is 5.75 Å². The lowest BCUT2D eigenvalue weighted by Crippen LogP contribution is -2.37. The number of rotatable bonds is 12. The van der Waals surface area contributed by atoms with Crippen molar-refractivity contribution in [3.63, 3.8) is 0 Å². The standard InChI is InChI=1S/C20H33N3O4.HI/c1-5-26-12-13-27-18-14-16(2)9-10-17(18)15-23-20(21-3)22-11-7-6-8-19(24)25-4;/h9-10,14H,5-8,11-13,15H2,1-4H3,(H2,21,22,23);1H. The number of unbranched alkanes of at least 4 members (excludes halogenated alkanes) is 1. The van der Waals surface area contributed by atoms with Crippen LogP contribution in [-0.4, -0.2) is 52.5 Å². The Morgan fingerprint density at radius 1 is 1.18 bits per heavy atom. The molecule has 1 rings (SSSR count). The van der Waals surface area contributed by atoms with Gasteiger partial charge in [-0.1, -0.05) is 12.1 Å². The van der Waals surface area contributed by atoms with Crippen LogP contribution in [0.25, 0.3) is 0 Å². The van der Waals surface area contributed by atoms with Crippen LogP contribution in [0.15, 0.2) is 23.2 Å². The molecule has 0 bridgehead atoms. The summed E-state index contributed by atoms with van der Waals surface area (Å²) in [6.07, 6.45) is 2.09. The highest BCUT2D eigenvalue weighted by molar-refractivity contribution is 14.0. The van der Waals surface area contributed by atoms with Gasteiger partial charge in [0.05, 0.1) is 13.7 Å². The van der Waals surface area contributed by atoms with Gasteiger partial charge in [0.2, 0.25) is 0 Å². The number of aryl methyl sites for hydroxylation is 1. The van der Waals surface area contributed by atoms with Gasteiger partial charge in [0.15, 0.2) is 5.96 Å². The first-order chi connectivity index (χ1) is 13.1. The molecule has 0 aliphatic rings. The first-order valence-electron chi connectivity index (χ1n) is 9.42. The van der Waals surface area contributed by atoms with E-state index in [2.05, 4.69) is 32.5 Å². The van der Waals surface area contributed by atoms with E-state index < -0.39 is 0 Å². The van der Waals surface area contributed by atoms with Crippen molar-refractivity contribution in [3.05, 3.63) is 29.3 Å². The monoisotopic (exact) mass is 507 g/mol. The molecule has 2 N–H and O–H groups in total. The van der Waals surface area contributed by atoms with Gasteiger partial charge in [0, 0.05) is 38.7 Å². The summed E-state index contributed by atoms with van der Waals surface area (Å²) in [6.45, 7) is 7.14. The molecule has 1 aromatic rings. The fourth-order valence-corrected chi connectivity index (χ4v) is 2.40. The maximum absolute atomic E-state index is 11.1. The number of esters is 1. The molecule has 0 atom stereocenters. The van der Waals surface area contributed by atoms with Gasteiger partial charge in [0.25, 0.3) is 0 Å². The maximum atomic E-state index is 11.1. The van der Waals surface area contributed by atoms with Crippen LogP contribution in [0.3, 0.4) is 0 Å². The molecule has 0 aliphatic carbocycles. The molecule has 160 valence electrons. The average molecular weight is 507 g/mol. The highest BCUT2D eigenvalue weighted by atomic mass is 127. The van der Waals surface area contributed by atoms with E-state index in [0.717, 1.165) is 36.3 Å². The summed E-state index contributed by atoms with van der Waals surface area (Å²) in [4.78, 5) is 15.3. The first kappa shape index (κ1) is 26.4. The number of carbonyl (C=O) groups excluding carboxylic acids is 1. The largest absolute Gasteiger partial charge is 0.491 e. The van der Waals surface area contributed by atoms with E-state index in [0.29, 0.717) is 38.7 Å². The van der Waals surface area contributed by atoms with Gasteiger partial charge < -0.3 is 24.8 Å². The minimum Gasteiger partial charge on any atom is -0.491 e. The van der Waals surface area contributed by atoms with E-state index in [1.165, 1.54) is 7.11 Å². The second-order valence-corrected chi connectivity index (χ2v) is 6.04. The molecule has 0 radical (unpaired) electrons. The maximum Gasteiger partial charge on any atom is 0.305 e. The van der Waals surface area contributed by atoms with E-state index in [9.17, 15) is 4.79 Å². The highest BCUT2D eigenvalue weighted by Gasteiger charge is 2.06. The van der Waals surface area contributed by atoms with Crippen molar-refractivity contribution >= 4 is 35.9 Å². The third kappa shape index (κ3) is 11.3. The number of benzene rings is 1. The van der Waals surface area contributed by atoms with Gasteiger partial charge in [-0.15, -0.1) is 24.0 Å². The molecule has 0 heterocycles.